The van der Waals surface area contributed by atoms with Gasteiger partial charge in [-0.25, -0.2) is 9.50 Å². The number of nitriles is 1. The number of nitrogens with zero attached hydrogens (tertiary/aromatic N) is 4. The van der Waals surface area contributed by atoms with Gasteiger partial charge in [-0.2, -0.15) is 5.26 Å². The van der Waals surface area contributed by atoms with Crippen molar-refractivity contribution in [3.8, 4) is 17.2 Å². The molecule has 0 radical (unpaired) electrons. The summed E-state index contributed by atoms with van der Waals surface area (Å²) < 4.78 is 1.53. The molecule has 0 bridgehead atoms. The molecule has 0 N–H and O–H groups in total. The van der Waals surface area contributed by atoms with Crippen molar-refractivity contribution in [3.05, 3.63) is 52.4 Å². The Labute approximate surface area is 137 Å². The van der Waals surface area contributed by atoms with Crippen LogP contribution in [-0.2, 0) is 6.42 Å². The molecule has 0 spiro atoms. The van der Waals surface area contributed by atoms with E-state index in [1.165, 1.54) is 4.52 Å². The monoisotopic (exact) mass is 330 g/mol. The minimum Gasteiger partial charge on any atom is -0.210 e. The SMILES string of the molecule is Cc1c(-c2ccccc2)c(Cl)n2nc(CCCl)nc2c1C#N. The fraction of sp³-hybridized carbons (Fsp3) is 0.188. The highest BCUT2D eigenvalue weighted by Crippen LogP contribution is 2.34. The molecule has 22 heavy (non-hydrogen) atoms. The van der Waals surface area contributed by atoms with Gasteiger partial charge in [0, 0.05) is 17.9 Å². The standard InChI is InChI=1S/C16H12Cl2N4/c1-10-12(9-19)16-20-13(7-8-17)21-22(16)15(18)14(10)11-5-3-2-4-6-11/h2-6H,7-8H2,1H3. The number of benzene rings is 1. The van der Waals surface area contributed by atoms with Gasteiger partial charge < -0.3 is 0 Å². The number of aryl methyl sites for hydroxylation is 1. The van der Waals surface area contributed by atoms with E-state index in [2.05, 4.69) is 16.2 Å². The predicted octanol–water partition coefficient (Wildman–Crippen LogP) is 4.01. The van der Waals surface area contributed by atoms with E-state index in [0.29, 0.717) is 34.5 Å². The van der Waals surface area contributed by atoms with Crippen LogP contribution in [0.1, 0.15) is 17.0 Å². The molecule has 4 nitrogen and oxygen atoms in total. The van der Waals surface area contributed by atoms with Crippen molar-refractivity contribution in [2.45, 2.75) is 13.3 Å². The van der Waals surface area contributed by atoms with Gasteiger partial charge in [0.1, 0.15) is 16.8 Å². The zero-order chi connectivity index (χ0) is 15.7. The third kappa shape index (κ3) is 2.33. The molecular formula is C16H12Cl2N4. The average molecular weight is 331 g/mol. The van der Waals surface area contributed by atoms with Crippen molar-refractivity contribution >= 4 is 28.8 Å². The smallest absolute Gasteiger partial charge is 0.175 e. The van der Waals surface area contributed by atoms with Gasteiger partial charge in [0.2, 0.25) is 0 Å². The molecule has 0 saturated heterocycles. The summed E-state index contributed by atoms with van der Waals surface area (Å²) in [7, 11) is 0. The third-order valence-corrected chi connectivity index (χ3v) is 4.05. The van der Waals surface area contributed by atoms with Gasteiger partial charge in [0.25, 0.3) is 0 Å². The summed E-state index contributed by atoms with van der Waals surface area (Å²) >= 11 is 12.3. The van der Waals surface area contributed by atoms with Crippen LogP contribution in [0.2, 0.25) is 5.15 Å². The summed E-state index contributed by atoms with van der Waals surface area (Å²) in [5.74, 6) is 0.999. The first-order chi connectivity index (χ1) is 10.7. The first-order valence-electron chi connectivity index (χ1n) is 6.76. The van der Waals surface area contributed by atoms with Crippen molar-refractivity contribution in [2.75, 3.05) is 5.88 Å². The Morgan fingerprint density at radius 1 is 1.27 bits per heavy atom. The summed E-state index contributed by atoms with van der Waals surface area (Å²) in [6.07, 6.45) is 0.532. The summed E-state index contributed by atoms with van der Waals surface area (Å²) in [5, 5.41) is 14.3. The molecule has 2 heterocycles. The first-order valence-corrected chi connectivity index (χ1v) is 7.67. The van der Waals surface area contributed by atoms with Crippen LogP contribution in [0.5, 0.6) is 0 Å². The fourth-order valence-corrected chi connectivity index (χ4v) is 3.01. The quantitative estimate of drug-likeness (QED) is 0.538. The van der Waals surface area contributed by atoms with E-state index in [9.17, 15) is 5.26 Å². The summed E-state index contributed by atoms with van der Waals surface area (Å²) in [6, 6.07) is 11.9. The van der Waals surface area contributed by atoms with Gasteiger partial charge in [-0.3, -0.25) is 0 Å². The van der Waals surface area contributed by atoms with Crippen molar-refractivity contribution in [2.24, 2.45) is 0 Å². The molecule has 6 heteroatoms. The van der Waals surface area contributed by atoms with E-state index < -0.39 is 0 Å². The van der Waals surface area contributed by atoms with Crippen LogP contribution in [-0.4, -0.2) is 20.5 Å². The molecule has 0 aliphatic carbocycles. The lowest BCUT2D eigenvalue weighted by Crippen LogP contribution is -2.00. The Balaban J connectivity index is 2.37. The number of hydrogen-bond donors (Lipinski definition) is 0. The van der Waals surface area contributed by atoms with Crippen molar-refractivity contribution < 1.29 is 0 Å². The van der Waals surface area contributed by atoms with E-state index in [1.807, 2.05) is 37.3 Å². The van der Waals surface area contributed by atoms with Gasteiger partial charge in [0.15, 0.2) is 11.5 Å². The predicted molar refractivity (Wildman–Crippen MR) is 87.3 cm³/mol. The molecule has 0 aliphatic rings. The lowest BCUT2D eigenvalue weighted by Gasteiger charge is -2.11. The number of fused-ring (bicyclic) bond motifs is 1. The largest absolute Gasteiger partial charge is 0.210 e. The summed E-state index contributed by atoms with van der Waals surface area (Å²) in [4.78, 5) is 4.39. The molecule has 0 fully saturated rings. The fourth-order valence-electron chi connectivity index (χ4n) is 2.47. The Morgan fingerprint density at radius 3 is 2.64 bits per heavy atom. The molecule has 1 aromatic carbocycles. The van der Waals surface area contributed by atoms with E-state index in [0.717, 1.165) is 16.7 Å². The van der Waals surface area contributed by atoms with Crippen LogP contribution in [0.4, 0.5) is 0 Å². The molecule has 0 amide bonds. The average Bonchev–Trinajstić information content (AvgIpc) is 2.93. The summed E-state index contributed by atoms with van der Waals surface area (Å²) in [5.41, 5.74) is 3.50. The molecule has 3 rings (SSSR count). The van der Waals surface area contributed by atoms with E-state index >= 15 is 0 Å². The van der Waals surface area contributed by atoms with Gasteiger partial charge in [-0.05, 0) is 18.1 Å². The normalized spacial score (nSPS) is 10.8. The third-order valence-electron chi connectivity index (χ3n) is 3.51. The molecule has 110 valence electrons. The van der Waals surface area contributed by atoms with Gasteiger partial charge in [-0.15, -0.1) is 16.7 Å². The Kier molecular flexibility index (Phi) is 4.02. The highest BCUT2D eigenvalue weighted by Gasteiger charge is 2.20. The minimum absolute atomic E-state index is 0.418. The van der Waals surface area contributed by atoms with Crippen LogP contribution in [0.15, 0.2) is 30.3 Å². The van der Waals surface area contributed by atoms with Crippen LogP contribution in [0.25, 0.3) is 16.8 Å². The van der Waals surface area contributed by atoms with Crippen LogP contribution >= 0.6 is 23.2 Å². The van der Waals surface area contributed by atoms with Crippen LogP contribution in [0, 0.1) is 18.3 Å². The molecule has 0 unspecified atom stereocenters. The molecule has 3 aromatic rings. The van der Waals surface area contributed by atoms with Gasteiger partial charge >= 0.3 is 0 Å². The number of alkyl halides is 1. The first kappa shape index (κ1) is 14.8. The second-order valence-corrected chi connectivity index (χ2v) is 5.58. The lowest BCUT2D eigenvalue weighted by atomic mass is 9.99. The molecular weight excluding hydrogens is 319 g/mol. The van der Waals surface area contributed by atoms with Crippen molar-refractivity contribution in [1.29, 1.82) is 5.26 Å². The second-order valence-electron chi connectivity index (χ2n) is 4.85. The van der Waals surface area contributed by atoms with Crippen LogP contribution < -0.4 is 0 Å². The van der Waals surface area contributed by atoms with Crippen molar-refractivity contribution in [1.82, 2.24) is 14.6 Å². The number of rotatable bonds is 3. The highest BCUT2D eigenvalue weighted by atomic mass is 35.5. The maximum absolute atomic E-state index is 9.52. The molecule has 2 aromatic heterocycles. The lowest BCUT2D eigenvalue weighted by molar-refractivity contribution is 0.888. The molecule has 0 saturated carbocycles. The molecule has 0 aliphatic heterocycles. The Hall–Kier alpha value is -2.09. The summed E-state index contributed by atoms with van der Waals surface area (Å²) in [6.45, 7) is 1.88. The topological polar surface area (TPSA) is 54.0 Å². The number of aromatic nitrogens is 3. The second kappa shape index (κ2) is 5.96. The van der Waals surface area contributed by atoms with E-state index in [1.54, 1.807) is 0 Å². The van der Waals surface area contributed by atoms with E-state index in [4.69, 9.17) is 23.2 Å². The Morgan fingerprint density at radius 2 is 2.00 bits per heavy atom. The molecule has 0 atom stereocenters. The number of halogens is 2. The van der Waals surface area contributed by atoms with Crippen LogP contribution in [0.3, 0.4) is 0 Å². The van der Waals surface area contributed by atoms with Gasteiger partial charge in [0.05, 0.1) is 0 Å². The van der Waals surface area contributed by atoms with Crippen molar-refractivity contribution in [3.63, 3.8) is 0 Å². The number of pyridine rings is 1. The number of hydrogen-bond acceptors (Lipinski definition) is 3. The Bertz CT molecular complexity index is 879. The minimum atomic E-state index is 0.418. The maximum Gasteiger partial charge on any atom is 0.175 e. The maximum atomic E-state index is 9.52. The zero-order valence-electron chi connectivity index (χ0n) is 11.8. The highest BCUT2D eigenvalue weighted by molar-refractivity contribution is 6.32. The van der Waals surface area contributed by atoms with E-state index in [-0.39, 0.29) is 0 Å². The van der Waals surface area contributed by atoms with Gasteiger partial charge in [-0.1, -0.05) is 41.9 Å². The zero-order valence-corrected chi connectivity index (χ0v) is 13.4.